The van der Waals surface area contributed by atoms with Gasteiger partial charge in [-0.15, -0.1) is 0 Å². The Labute approximate surface area is 91.4 Å². The summed E-state index contributed by atoms with van der Waals surface area (Å²) in [5.74, 6) is -2.48. The quantitative estimate of drug-likeness (QED) is 0.597. The van der Waals surface area contributed by atoms with E-state index in [1.807, 2.05) is 0 Å². The number of hydrogen-bond donors (Lipinski definition) is 2. The summed E-state index contributed by atoms with van der Waals surface area (Å²) in [4.78, 5) is 11.4. The highest BCUT2D eigenvalue weighted by molar-refractivity contribution is 5.95. The summed E-state index contributed by atoms with van der Waals surface area (Å²) in [5, 5.41) is 2.41. The zero-order valence-corrected chi connectivity index (χ0v) is 8.72. The van der Waals surface area contributed by atoms with Crippen LogP contribution in [0.3, 0.4) is 0 Å². The first-order valence-corrected chi connectivity index (χ1v) is 4.58. The van der Waals surface area contributed by atoms with E-state index in [0.717, 1.165) is 6.07 Å². The number of methoxy groups -OCH3 is 1. The van der Waals surface area contributed by atoms with Gasteiger partial charge in [-0.1, -0.05) is 0 Å². The molecule has 1 rings (SSSR count). The average molecular weight is 230 g/mol. The van der Waals surface area contributed by atoms with Crippen molar-refractivity contribution in [3.63, 3.8) is 0 Å². The summed E-state index contributed by atoms with van der Waals surface area (Å²) < 4.78 is 30.7. The van der Waals surface area contributed by atoms with Crippen molar-refractivity contribution in [2.75, 3.05) is 26.0 Å². The number of nitrogen functional groups attached to an aromatic ring is 1. The number of ether oxygens (including phenoxy) is 1. The van der Waals surface area contributed by atoms with Gasteiger partial charge in [-0.2, -0.15) is 0 Å². The van der Waals surface area contributed by atoms with Gasteiger partial charge < -0.3 is 15.8 Å². The van der Waals surface area contributed by atoms with Gasteiger partial charge in [-0.25, -0.2) is 8.78 Å². The number of nitrogens with one attached hydrogen (secondary N) is 1. The molecule has 4 nitrogen and oxygen atoms in total. The molecule has 0 radical (unpaired) electrons. The third-order valence-electron chi connectivity index (χ3n) is 1.92. The van der Waals surface area contributed by atoms with Crippen LogP contribution in [-0.4, -0.2) is 26.2 Å². The third kappa shape index (κ3) is 2.90. The molecule has 0 heterocycles. The van der Waals surface area contributed by atoms with E-state index in [-0.39, 0.29) is 17.8 Å². The zero-order valence-electron chi connectivity index (χ0n) is 8.72. The molecule has 1 amide bonds. The van der Waals surface area contributed by atoms with Crippen molar-refractivity contribution in [1.29, 1.82) is 0 Å². The smallest absolute Gasteiger partial charge is 0.254 e. The standard InChI is InChI=1S/C10H12F2N2O2/c1-16-3-2-14-10(15)6-4-9(13)8(12)5-7(6)11/h4-5H,2-3,13H2,1H3,(H,14,15). The largest absolute Gasteiger partial charge is 0.396 e. The Morgan fingerprint density at radius 2 is 2.12 bits per heavy atom. The average Bonchev–Trinajstić information content (AvgIpc) is 2.23. The number of rotatable bonds is 4. The van der Waals surface area contributed by atoms with Crippen LogP contribution in [0.5, 0.6) is 0 Å². The lowest BCUT2D eigenvalue weighted by molar-refractivity contribution is 0.0933. The van der Waals surface area contributed by atoms with E-state index in [2.05, 4.69) is 5.32 Å². The second kappa shape index (κ2) is 5.41. The lowest BCUT2D eigenvalue weighted by atomic mass is 10.1. The molecule has 0 aliphatic carbocycles. The van der Waals surface area contributed by atoms with Gasteiger partial charge in [0.1, 0.15) is 11.6 Å². The summed E-state index contributed by atoms with van der Waals surface area (Å²) in [6.07, 6.45) is 0. The highest BCUT2D eigenvalue weighted by Gasteiger charge is 2.14. The van der Waals surface area contributed by atoms with Crippen LogP contribution in [0.25, 0.3) is 0 Å². The summed E-state index contributed by atoms with van der Waals surface area (Å²) in [6, 6.07) is 1.55. The fraction of sp³-hybridized carbons (Fsp3) is 0.300. The number of nitrogens with two attached hydrogens (primary N) is 1. The zero-order chi connectivity index (χ0) is 12.1. The van der Waals surface area contributed by atoms with Gasteiger partial charge in [0.05, 0.1) is 17.9 Å². The molecule has 1 aromatic carbocycles. The van der Waals surface area contributed by atoms with Crippen LogP contribution in [0, 0.1) is 11.6 Å². The van der Waals surface area contributed by atoms with Gasteiger partial charge in [0.15, 0.2) is 0 Å². The van der Waals surface area contributed by atoms with Crippen molar-refractivity contribution < 1.29 is 18.3 Å². The van der Waals surface area contributed by atoms with Crippen LogP contribution in [0.15, 0.2) is 12.1 Å². The molecule has 0 aromatic heterocycles. The molecule has 16 heavy (non-hydrogen) atoms. The minimum absolute atomic E-state index is 0.242. The maximum absolute atomic E-state index is 13.2. The second-order valence-electron chi connectivity index (χ2n) is 3.10. The molecule has 0 saturated heterocycles. The number of carbonyl (C=O) groups excluding carboxylic acids is 1. The lowest BCUT2D eigenvalue weighted by Gasteiger charge is -2.06. The number of halogens is 2. The molecule has 0 fully saturated rings. The monoisotopic (exact) mass is 230 g/mol. The molecule has 88 valence electrons. The van der Waals surface area contributed by atoms with Crippen molar-refractivity contribution in [2.24, 2.45) is 0 Å². The molecule has 0 spiro atoms. The predicted molar refractivity (Wildman–Crippen MR) is 55.0 cm³/mol. The Kier molecular flexibility index (Phi) is 4.19. The number of benzene rings is 1. The van der Waals surface area contributed by atoms with E-state index in [1.165, 1.54) is 7.11 Å². The van der Waals surface area contributed by atoms with Gasteiger partial charge in [-0.05, 0) is 6.07 Å². The van der Waals surface area contributed by atoms with Crippen molar-refractivity contribution in [3.8, 4) is 0 Å². The second-order valence-corrected chi connectivity index (χ2v) is 3.10. The highest BCUT2D eigenvalue weighted by atomic mass is 19.1. The van der Waals surface area contributed by atoms with Gasteiger partial charge in [0.2, 0.25) is 0 Å². The van der Waals surface area contributed by atoms with E-state index in [0.29, 0.717) is 12.7 Å². The first kappa shape index (κ1) is 12.4. The van der Waals surface area contributed by atoms with Gasteiger partial charge >= 0.3 is 0 Å². The van der Waals surface area contributed by atoms with E-state index in [1.54, 1.807) is 0 Å². The summed E-state index contributed by atoms with van der Waals surface area (Å²) in [7, 11) is 1.47. The predicted octanol–water partition coefficient (Wildman–Crippen LogP) is 0.923. The molecule has 3 N–H and O–H groups in total. The Morgan fingerprint density at radius 1 is 1.44 bits per heavy atom. The minimum atomic E-state index is -0.943. The maximum Gasteiger partial charge on any atom is 0.254 e. The molecule has 0 saturated carbocycles. The lowest BCUT2D eigenvalue weighted by Crippen LogP contribution is -2.27. The SMILES string of the molecule is COCCNC(=O)c1cc(N)c(F)cc1F. The highest BCUT2D eigenvalue weighted by Crippen LogP contribution is 2.16. The summed E-state index contributed by atoms with van der Waals surface area (Å²) in [6.45, 7) is 0.552. The Balaban J connectivity index is 2.79. The van der Waals surface area contributed by atoms with Crippen LogP contribution in [0.4, 0.5) is 14.5 Å². The first-order valence-electron chi connectivity index (χ1n) is 4.58. The minimum Gasteiger partial charge on any atom is -0.396 e. The number of anilines is 1. The van der Waals surface area contributed by atoms with Crippen LogP contribution in [0.2, 0.25) is 0 Å². The molecule has 0 atom stereocenters. The van der Waals surface area contributed by atoms with Gasteiger partial charge in [-0.3, -0.25) is 4.79 Å². The van der Waals surface area contributed by atoms with E-state index < -0.39 is 17.5 Å². The molecular weight excluding hydrogens is 218 g/mol. The number of carbonyl (C=O) groups is 1. The Hall–Kier alpha value is -1.69. The van der Waals surface area contributed by atoms with Gasteiger partial charge in [0, 0.05) is 19.7 Å². The van der Waals surface area contributed by atoms with Crippen LogP contribution in [-0.2, 0) is 4.74 Å². The molecule has 0 aliphatic rings. The molecular formula is C10H12F2N2O2. The van der Waals surface area contributed by atoms with E-state index >= 15 is 0 Å². The van der Waals surface area contributed by atoms with Crippen LogP contribution < -0.4 is 11.1 Å². The topological polar surface area (TPSA) is 64.3 Å². The van der Waals surface area contributed by atoms with Crippen molar-refractivity contribution in [3.05, 3.63) is 29.3 Å². The Bertz CT molecular complexity index is 397. The van der Waals surface area contributed by atoms with Gasteiger partial charge in [0.25, 0.3) is 5.91 Å². The van der Waals surface area contributed by atoms with Crippen molar-refractivity contribution in [2.45, 2.75) is 0 Å². The molecule has 1 aromatic rings. The van der Waals surface area contributed by atoms with E-state index in [9.17, 15) is 13.6 Å². The Morgan fingerprint density at radius 3 is 2.75 bits per heavy atom. The first-order chi connectivity index (χ1) is 7.56. The number of amides is 1. The van der Waals surface area contributed by atoms with Crippen LogP contribution >= 0.6 is 0 Å². The maximum atomic E-state index is 13.2. The van der Waals surface area contributed by atoms with Crippen molar-refractivity contribution in [1.82, 2.24) is 5.32 Å². The molecule has 0 bridgehead atoms. The molecule has 6 heteroatoms. The van der Waals surface area contributed by atoms with E-state index in [4.69, 9.17) is 10.5 Å². The summed E-state index contributed by atoms with van der Waals surface area (Å²) >= 11 is 0. The van der Waals surface area contributed by atoms with Crippen LogP contribution in [0.1, 0.15) is 10.4 Å². The molecule has 0 unspecified atom stereocenters. The number of hydrogen-bond acceptors (Lipinski definition) is 3. The van der Waals surface area contributed by atoms with Crippen molar-refractivity contribution >= 4 is 11.6 Å². The fourth-order valence-corrected chi connectivity index (χ4v) is 1.10. The molecule has 0 aliphatic heterocycles. The summed E-state index contributed by atoms with van der Waals surface area (Å²) in [5.41, 5.74) is 4.69. The normalized spacial score (nSPS) is 10.2. The fourth-order valence-electron chi connectivity index (χ4n) is 1.10. The third-order valence-corrected chi connectivity index (χ3v) is 1.92.